The number of nitriles is 1. The predicted octanol–water partition coefficient (Wildman–Crippen LogP) is 2.43. The minimum Gasteiger partial charge on any atom is -0.337 e. The van der Waals surface area contributed by atoms with Gasteiger partial charge in [-0.05, 0) is 57.2 Å². The topological polar surface area (TPSA) is 74.0 Å². The Bertz CT molecular complexity index is 618. The van der Waals surface area contributed by atoms with Gasteiger partial charge in [0.2, 0.25) is 5.91 Å². The number of piperidine rings is 1. The molecule has 1 N–H and O–H groups in total. The molecule has 0 radical (unpaired) electrons. The summed E-state index contributed by atoms with van der Waals surface area (Å²) in [6.45, 7) is 5.26. The lowest BCUT2D eigenvalue weighted by Gasteiger charge is -2.34. The Kier molecular flexibility index (Phi) is 5.74. The zero-order chi connectivity index (χ0) is 17.7. The van der Waals surface area contributed by atoms with Crippen LogP contribution in [0.15, 0.2) is 12.4 Å². The third-order valence-corrected chi connectivity index (χ3v) is 5.70. The normalized spacial score (nSPS) is 21.6. The second-order valence-corrected chi connectivity index (χ2v) is 7.48. The molecule has 1 aliphatic carbocycles. The van der Waals surface area contributed by atoms with Crippen LogP contribution in [0.5, 0.6) is 0 Å². The highest BCUT2D eigenvalue weighted by atomic mass is 16.2. The van der Waals surface area contributed by atoms with Crippen LogP contribution in [-0.2, 0) is 11.3 Å². The van der Waals surface area contributed by atoms with Crippen LogP contribution in [0.4, 0.5) is 0 Å². The van der Waals surface area contributed by atoms with Crippen LogP contribution < -0.4 is 5.32 Å². The van der Waals surface area contributed by atoms with E-state index in [1.165, 1.54) is 12.0 Å². The van der Waals surface area contributed by atoms with Crippen LogP contribution in [-0.4, -0.2) is 45.8 Å². The Morgan fingerprint density at radius 3 is 2.68 bits per heavy atom. The summed E-state index contributed by atoms with van der Waals surface area (Å²) in [6, 6.07) is 2.36. The first-order chi connectivity index (χ1) is 12.1. The smallest absolute Gasteiger partial charge is 0.235 e. The van der Waals surface area contributed by atoms with Crippen molar-refractivity contribution >= 4 is 5.91 Å². The fourth-order valence-corrected chi connectivity index (χ4v) is 4.12. The highest BCUT2D eigenvalue weighted by Crippen LogP contribution is 2.29. The van der Waals surface area contributed by atoms with Crippen LogP contribution in [0.25, 0.3) is 0 Å². The second kappa shape index (κ2) is 8.01. The minimum absolute atomic E-state index is 0.000651. The molecule has 1 aromatic rings. The second-order valence-electron chi connectivity index (χ2n) is 7.48. The van der Waals surface area contributed by atoms with Crippen LogP contribution in [0.1, 0.15) is 63.4 Å². The molecule has 6 nitrogen and oxygen atoms in total. The average molecular weight is 343 g/mol. The van der Waals surface area contributed by atoms with Crippen LogP contribution in [0.3, 0.4) is 0 Å². The molecule has 6 heteroatoms. The SMILES string of the molecule is CCn1cc(C2CCN(CC(=O)NC3(C#N)CCCCC3)CC2)cn1. The first-order valence-corrected chi connectivity index (χ1v) is 9.61. The maximum absolute atomic E-state index is 12.4. The van der Waals surface area contributed by atoms with Gasteiger partial charge in [-0.3, -0.25) is 14.4 Å². The molecule has 0 bridgehead atoms. The third-order valence-electron chi connectivity index (χ3n) is 5.70. The van der Waals surface area contributed by atoms with Crippen molar-refractivity contribution in [2.24, 2.45) is 0 Å². The summed E-state index contributed by atoms with van der Waals surface area (Å²) in [7, 11) is 0. The van der Waals surface area contributed by atoms with E-state index in [2.05, 4.69) is 34.5 Å². The molecule has 3 rings (SSSR count). The van der Waals surface area contributed by atoms with Crippen LogP contribution >= 0.6 is 0 Å². The molecule has 1 saturated heterocycles. The summed E-state index contributed by atoms with van der Waals surface area (Å²) in [4.78, 5) is 14.6. The summed E-state index contributed by atoms with van der Waals surface area (Å²) < 4.78 is 1.97. The molecule has 1 saturated carbocycles. The summed E-state index contributed by atoms with van der Waals surface area (Å²) in [6.07, 6.45) is 11.1. The quantitative estimate of drug-likeness (QED) is 0.891. The summed E-state index contributed by atoms with van der Waals surface area (Å²) >= 11 is 0. The Morgan fingerprint density at radius 2 is 2.08 bits per heavy atom. The molecule has 2 aliphatic rings. The molecule has 2 heterocycles. The number of amides is 1. The van der Waals surface area contributed by atoms with Gasteiger partial charge in [0.05, 0.1) is 18.8 Å². The van der Waals surface area contributed by atoms with Crippen molar-refractivity contribution in [2.45, 2.75) is 69.9 Å². The molecule has 25 heavy (non-hydrogen) atoms. The van der Waals surface area contributed by atoms with E-state index in [-0.39, 0.29) is 5.91 Å². The van der Waals surface area contributed by atoms with Gasteiger partial charge in [-0.2, -0.15) is 10.4 Å². The highest BCUT2D eigenvalue weighted by Gasteiger charge is 2.34. The van der Waals surface area contributed by atoms with Gasteiger partial charge in [-0.25, -0.2) is 0 Å². The molecule has 1 amide bonds. The van der Waals surface area contributed by atoms with E-state index in [0.29, 0.717) is 12.5 Å². The first kappa shape index (κ1) is 17.9. The molecule has 136 valence electrons. The maximum atomic E-state index is 12.4. The standard InChI is InChI=1S/C19H29N5O/c1-2-24-13-17(12-21-24)16-6-10-23(11-7-16)14-18(25)22-19(15-20)8-4-3-5-9-19/h12-13,16H,2-11,14H2,1H3,(H,22,25). The van der Waals surface area contributed by atoms with Crippen molar-refractivity contribution in [2.75, 3.05) is 19.6 Å². The number of hydrogen-bond acceptors (Lipinski definition) is 4. The minimum atomic E-state index is -0.623. The number of rotatable bonds is 5. The molecule has 0 unspecified atom stereocenters. The fraction of sp³-hybridized carbons (Fsp3) is 0.737. The maximum Gasteiger partial charge on any atom is 0.235 e. The van der Waals surface area contributed by atoms with E-state index in [0.717, 1.165) is 58.2 Å². The molecule has 0 atom stereocenters. The highest BCUT2D eigenvalue weighted by molar-refractivity contribution is 5.79. The third kappa shape index (κ3) is 4.40. The lowest BCUT2D eigenvalue weighted by Crippen LogP contribution is -2.52. The van der Waals surface area contributed by atoms with Crippen molar-refractivity contribution in [1.29, 1.82) is 5.26 Å². The van der Waals surface area contributed by atoms with Crippen LogP contribution in [0, 0.1) is 11.3 Å². The molecule has 0 aromatic carbocycles. The van der Waals surface area contributed by atoms with Crippen molar-refractivity contribution in [1.82, 2.24) is 20.0 Å². The Balaban J connectivity index is 1.47. The van der Waals surface area contributed by atoms with Gasteiger partial charge in [0.1, 0.15) is 5.54 Å². The average Bonchev–Trinajstić information content (AvgIpc) is 3.12. The lowest BCUT2D eigenvalue weighted by molar-refractivity contribution is -0.124. The van der Waals surface area contributed by atoms with E-state index in [9.17, 15) is 10.1 Å². The van der Waals surface area contributed by atoms with Gasteiger partial charge < -0.3 is 5.32 Å². The van der Waals surface area contributed by atoms with Crippen molar-refractivity contribution in [3.05, 3.63) is 18.0 Å². The first-order valence-electron chi connectivity index (χ1n) is 9.61. The molecule has 2 fully saturated rings. The lowest BCUT2D eigenvalue weighted by atomic mass is 9.83. The largest absolute Gasteiger partial charge is 0.337 e. The van der Waals surface area contributed by atoms with Gasteiger partial charge in [-0.1, -0.05) is 19.3 Å². The van der Waals surface area contributed by atoms with Gasteiger partial charge in [-0.15, -0.1) is 0 Å². The molecule has 1 aromatic heterocycles. The van der Waals surface area contributed by atoms with E-state index in [1.807, 2.05) is 10.9 Å². The number of carbonyl (C=O) groups is 1. The Morgan fingerprint density at radius 1 is 1.36 bits per heavy atom. The Labute approximate surface area is 150 Å². The number of nitrogens with zero attached hydrogens (tertiary/aromatic N) is 4. The number of likely N-dealkylation sites (tertiary alicyclic amines) is 1. The van der Waals surface area contributed by atoms with E-state index < -0.39 is 5.54 Å². The molecule has 0 spiro atoms. The van der Waals surface area contributed by atoms with E-state index in [4.69, 9.17) is 0 Å². The van der Waals surface area contributed by atoms with Gasteiger partial charge in [0.25, 0.3) is 0 Å². The molecular weight excluding hydrogens is 314 g/mol. The van der Waals surface area contributed by atoms with Gasteiger partial charge in [0, 0.05) is 12.7 Å². The molecule has 1 aliphatic heterocycles. The summed E-state index contributed by atoms with van der Waals surface area (Å²) in [5.41, 5.74) is 0.694. The summed E-state index contributed by atoms with van der Waals surface area (Å²) in [5.74, 6) is 0.545. The van der Waals surface area contributed by atoms with Gasteiger partial charge >= 0.3 is 0 Å². The van der Waals surface area contributed by atoms with E-state index >= 15 is 0 Å². The van der Waals surface area contributed by atoms with Crippen LogP contribution in [0.2, 0.25) is 0 Å². The van der Waals surface area contributed by atoms with Crippen molar-refractivity contribution < 1.29 is 4.79 Å². The number of hydrogen-bond donors (Lipinski definition) is 1. The molecular formula is C19H29N5O. The number of carbonyl (C=O) groups excluding carboxylic acids is 1. The van der Waals surface area contributed by atoms with Gasteiger partial charge in [0.15, 0.2) is 0 Å². The zero-order valence-corrected chi connectivity index (χ0v) is 15.2. The van der Waals surface area contributed by atoms with E-state index in [1.54, 1.807) is 0 Å². The zero-order valence-electron chi connectivity index (χ0n) is 15.2. The van der Waals surface area contributed by atoms with Crippen molar-refractivity contribution in [3.63, 3.8) is 0 Å². The summed E-state index contributed by atoms with van der Waals surface area (Å²) in [5, 5.41) is 16.9. The number of aromatic nitrogens is 2. The Hall–Kier alpha value is -1.87. The fourth-order valence-electron chi connectivity index (χ4n) is 4.12. The number of aryl methyl sites for hydroxylation is 1. The van der Waals surface area contributed by atoms with Crippen molar-refractivity contribution in [3.8, 4) is 6.07 Å². The monoisotopic (exact) mass is 343 g/mol. The number of nitrogens with one attached hydrogen (secondary N) is 1. The predicted molar refractivity (Wildman–Crippen MR) is 95.9 cm³/mol.